The predicted molar refractivity (Wildman–Crippen MR) is 114 cm³/mol. The lowest BCUT2D eigenvalue weighted by molar-refractivity contribution is 0.581. The van der Waals surface area contributed by atoms with Crippen LogP contribution in [0.2, 0.25) is 0 Å². The molecule has 0 bridgehead atoms. The van der Waals surface area contributed by atoms with Gasteiger partial charge >= 0.3 is 0 Å². The average molecular weight is 424 g/mol. The van der Waals surface area contributed by atoms with Crippen molar-refractivity contribution in [1.82, 2.24) is 24.1 Å². The molecule has 5 rings (SSSR count). The molecule has 0 fully saturated rings. The summed E-state index contributed by atoms with van der Waals surface area (Å²) in [6.07, 6.45) is 2.49. The van der Waals surface area contributed by atoms with Crippen LogP contribution >= 0.6 is 23.1 Å². The summed E-state index contributed by atoms with van der Waals surface area (Å²) in [6, 6.07) is 11.4. The van der Waals surface area contributed by atoms with E-state index in [1.54, 1.807) is 33.9 Å². The first kappa shape index (κ1) is 18.1. The van der Waals surface area contributed by atoms with Crippen LogP contribution in [-0.2, 0) is 12.3 Å². The molecule has 7 nitrogen and oxygen atoms in total. The molecule has 4 heterocycles. The van der Waals surface area contributed by atoms with E-state index in [1.807, 2.05) is 53.1 Å². The Morgan fingerprint density at radius 2 is 2.07 bits per heavy atom. The molecule has 0 N–H and O–H groups in total. The van der Waals surface area contributed by atoms with Crippen LogP contribution in [0.3, 0.4) is 0 Å². The van der Waals surface area contributed by atoms with Crippen LogP contribution in [-0.4, -0.2) is 24.1 Å². The SMILES string of the molecule is CCCn1c(=O)c2ccccc2n2c(SCc3csc(-c4ccco4)n3)nnc12. The number of para-hydroxylation sites is 1. The third-order valence-corrected chi connectivity index (χ3v) is 6.43. The van der Waals surface area contributed by atoms with Gasteiger partial charge in [0.2, 0.25) is 5.78 Å². The number of aryl methyl sites for hydroxylation is 1. The van der Waals surface area contributed by atoms with Crippen LogP contribution in [0.5, 0.6) is 0 Å². The van der Waals surface area contributed by atoms with E-state index in [9.17, 15) is 4.79 Å². The number of thiazole rings is 1. The van der Waals surface area contributed by atoms with Gasteiger partial charge in [-0.3, -0.25) is 13.8 Å². The molecule has 29 heavy (non-hydrogen) atoms. The van der Waals surface area contributed by atoms with E-state index in [0.717, 1.165) is 33.6 Å². The molecule has 0 aliphatic heterocycles. The number of hydrogen-bond donors (Lipinski definition) is 0. The summed E-state index contributed by atoms with van der Waals surface area (Å²) < 4.78 is 9.09. The maximum atomic E-state index is 12.9. The molecular weight excluding hydrogens is 406 g/mol. The number of rotatable bonds is 6. The Labute approximate surface area is 174 Å². The largest absolute Gasteiger partial charge is 0.462 e. The van der Waals surface area contributed by atoms with Crippen molar-refractivity contribution in [3.8, 4) is 10.8 Å². The van der Waals surface area contributed by atoms with E-state index in [-0.39, 0.29) is 5.56 Å². The highest BCUT2D eigenvalue weighted by atomic mass is 32.2. The first-order valence-electron chi connectivity index (χ1n) is 9.24. The highest BCUT2D eigenvalue weighted by Gasteiger charge is 2.17. The lowest BCUT2D eigenvalue weighted by Gasteiger charge is -2.10. The highest BCUT2D eigenvalue weighted by Crippen LogP contribution is 2.28. The lowest BCUT2D eigenvalue weighted by Crippen LogP contribution is -2.23. The van der Waals surface area contributed by atoms with Gasteiger partial charge in [-0.2, -0.15) is 0 Å². The zero-order valence-corrected chi connectivity index (χ0v) is 17.2. The van der Waals surface area contributed by atoms with E-state index >= 15 is 0 Å². The third-order valence-electron chi connectivity index (χ3n) is 4.56. The van der Waals surface area contributed by atoms with Crippen LogP contribution in [0.1, 0.15) is 19.0 Å². The molecule has 0 saturated carbocycles. The fourth-order valence-electron chi connectivity index (χ4n) is 3.28. The van der Waals surface area contributed by atoms with Crippen molar-refractivity contribution >= 4 is 39.8 Å². The van der Waals surface area contributed by atoms with E-state index in [0.29, 0.717) is 23.5 Å². The fraction of sp³-hybridized carbons (Fsp3) is 0.200. The predicted octanol–water partition coefficient (Wildman–Crippen LogP) is 4.46. The average Bonchev–Trinajstić information content (AvgIpc) is 3.50. The molecule has 5 aromatic rings. The standard InChI is InChI=1S/C20H17N5O2S2/c1-2-9-24-18(26)14-6-3-4-7-15(14)25-19(24)22-23-20(25)29-12-13-11-28-17(21-13)16-8-5-10-27-16/h3-8,10-11H,2,9,12H2,1H3. The number of furan rings is 1. The molecule has 0 spiro atoms. The Hall–Kier alpha value is -2.91. The van der Waals surface area contributed by atoms with Crippen molar-refractivity contribution in [1.29, 1.82) is 0 Å². The number of nitrogens with zero attached hydrogens (tertiary/aromatic N) is 5. The minimum Gasteiger partial charge on any atom is -0.462 e. The molecule has 0 aliphatic rings. The van der Waals surface area contributed by atoms with Gasteiger partial charge in [0.25, 0.3) is 5.56 Å². The van der Waals surface area contributed by atoms with Crippen LogP contribution < -0.4 is 5.56 Å². The molecule has 0 aliphatic carbocycles. The molecular formula is C20H17N5O2S2. The fourth-order valence-corrected chi connectivity index (χ4v) is 5.00. The van der Waals surface area contributed by atoms with Gasteiger partial charge in [0.15, 0.2) is 15.9 Å². The van der Waals surface area contributed by atoms with Gasteiger partial charge in [-0.25, -0.2) is 4.98 Å². The minimum atomic E-state index is -0.0264. The van der Waals surface area contributed by atoms with Crippen LogP contribution in [0.4, 0.5) is 0 Å². The Bertz CT molecular complexity index is 1350. The molecule has 9 heteroatoms. The maximum absolute atomic E-state index is 12.9. The van der Waals surface area contributed by atoms with Crippen molar-refractivity contribution in [2.45, 2.75) is 30.8 Å². The highest BCUT2D eigenvalue weighted by molar-refractivity contribution is 7.98. The first-order valence-corrected chi connectivity index (χ1v) is 11.1. The quantitative estimate of drug-likeness (QED) is 0.375. The van der Waals surface area contributed by atoms with Crippen molar-refractivity contribution in [2.24, 2.45) is 0 Å². The summed E-state index contributed by atoms with van der Waals surface area (Å²) in [5.74, 6) is 2.00. The van der Waals surface area contributed by atoms with Crippen molar-refractivity contribution < 1.29 is 4.42 Å². The van der Waals surface area contributed by atoms with Crippen molar-refractivity contribution in [3.63, 3.8) is 0 Å². The Balaban J connectivity index is 1.53. The van der Waals surface area contributed by atoms with Gasteiger partial charge in [0.05, 0.1) is 22.9 Å². The Kier molecular flexibility index (Phi) is 4.69. The molecule has 1 aromatic carbocycles. The Morgan fingerprint density at radius 3 is 2.90 bits per heavy atom. The topological polar surface area (TPSA) is 78.2 Å². The van der Waals surface area contributed by atoms with Crippen LogP contribution in [0.15, 0.2) is 62.4 Å². The third kappa shape index (κ3) is 3.16. The second kappa shape index (κ2) is 7.49. The maximum Gasteiger partial charge on any atom is 0.262 e. The summed E-state index contributed by atoms with van der Waals surface area (Å²) in [5, 5.41) is 13.0. The molecule has 146 valence electrons. The summed E-state index contributed by atoms with van der Waals surface area (Å²) in [4.78, 5) is 17.5. The summed E-state index contributed by atoms with van der Waals surface area (Å²) in [5.41, 5.74) is 1.75. The zero-order valence-electron chi connectivity index (χ0n) is 15.6. The zero-order chi connectivity index (χ0) is 19.8. The van der Waals surface area contributed by atoms with Gasteiger partial charge in [0.1, 0.15) is 0 Å². The van der Waals surface area contributed by atoms with Gasteiger partial charge in [0, 0.05) is 17.7 Å². The normalized spacial score (nSPS) is 11.6. The summed E-state index contributed by atoms with van der Waals surface area (Å²) in [7, 11) is 0. The van der Waals surface area contributed by atoms with Gasteiger partial charge in [-0.15, -0.1) is 21.5 Å². The van der Waals surface area contributed by atoms with Crippen LogP contribution in [0.25, 0.3) is 27.4 Å². The van der Waals surface area contributed by atoms with E-state index in [4.69, 9.17) is 4.42 Å². The van der Waals surface area contributed by atoms with Gasteiger partial charge in [-0.1, -0.05) is 30.8 Å². The number of hydrogen-bond acceptors (Lipinski definition) is 7. The monoisotopic (exact) mass is 423 g/mol. The van der Waals surface area contributed by atoms with E-state index < -0.39 is 0 Å². The molecule has 0 radical (unpaired) electrons. The number of benzene rings is 1. The van der Waals surface area contributed by atoms with E-state index in [2.05, 4.69) is 15.2 Å². The lowest BCUT2D eigenvalue weighted by atomic mass is 10.2. The number of aromatic nitrogens is 5. The molecule has 0 amide bonds. The Morgan fingerprint density at radius 1 is 1.17 bits per heavy atom. The van der Waals surface area contributed by atoms with Crippen molar-refractivity contribution in [3.05, 3.63) is 64.1 Å². The van der Waals surface area contributed by atoms with E-state index in [1.165, 1.54) is 0 Å². The molecule has 0 atom stereocenters. The van der Waals surface area contributed by atoms with Gasteiger partial charge < -0.3 is 4.42 Å². The summed E-state index contributed by atoms with van der Waals surface area (Å²) in [6.45, 7) is 2.65. The van der Waals surface area contributed by atoms with Gasteiger partial charge in [-0.05, 0) is 30.7 Å². The second-order valence-corrected chi connectivity index (χ2v) is 8.30. The smallest absolute Gasteiger partial charge is 0.262 e. The molecule has 0 unspecified atom stereocenters. The minimum absolute atomic E-state index is 0.0264. The van der Waals surface area contributed by atoms with Crippen LogP contribution in [0, 0.1) is 0 Å². The first-order chi connectivity index (χ1) is 14.3. The number of fused-ring (bicyclic) bond motifs is 3. The van der Waals surface area contributed by atoms with Crippen molar-refractivity contribution in [2.75, 3.05) is 0 Å². The summed E-state index contributed by atoms with van der Waals surface area (Å²) >= 11 is 3.11. The molecule has 4 aromatic heterocycles. The molecule has 0 saturated heterocycles. The second-order valence-electron chi connectivity index (χ2n) is 6.50. The number of thioether (sulfide) groups is 1.